The molecule has 98 valence electrons. The molecule has 1 amide bonds. The Labute approximate surface area is 102 Å². The Kier molecular flexibility index (Phi) is 10.00. The number of unbranched alkanes of at least 4 members (excludes halogenated alkanes) is 5. The topological polar surface area (TPSA) is 86.6 Å². The lowest BCUT2D eigenvalue weighted by atomic mass is 10.1. The first-order valence-electron chi connectivity index (χ1n) is 5.96. The van der Waals surface area contributed by atoms with Gasteiger partial charge in [-0.15, -0.1) is 0 Å². The zero-order chi connectivity index (χ0) is 12.9. The zero-order valence-corrected chi connectivity index (χ0v) is 10.0. The van der Waals surface area contributed by atoms with Gasteiger partial charge in [-0.05, 0) is 19.3 Å². The molecule has 0 saturated heterocycles. The number of nitrogens with one attached hydrogen (secondary N) is 1. The monoisotopic (exact) mass is 243 g/mol. The van der Waals surface area contributed by atoms with Crippen LogP contribution in [-0.4, -0.2) is 28.8 Å². The predicted octanol–water partition coefficient (Wildman–Crippen LogP) is 2.63. The van der Waals surface area contributed by atoms with E-state index in [9.17, 15) is 9.59 Å². The Balaban J connectivity index is 3.12. The van der Waals surface area contributed by atoms with E-state index in [0.717, 1.165) is 38.5 Å². The van der Waals surface area contributed by atoms with Gasteiger partial charge in [0.05, 0.1) is 0 Å². The summed E-state index contributed by atoms with van der Waals surface area (Å²) < 4.78 is 0. The van der Waals surface area contributed by atoms with Crippen molar-refractivity contribution >= 4 is 12.1 Å². The lowest BCUT2D eigenvalue weighted by Crippen LogP contribution is -2.20. The fraction of sp³-hybridized carbons (Fsp3) is 0.667. The minimum absolute atomic E-state index is 0.265. The fourth-order valence-electron chi connectivity index (χ4n) is 1.42. The molecule has 0 aliphatic carbocycles. The van der Waals surface area contributed by atoms with Crippen LogP contribution >= 0.6 is 0 Å². The highest BCUT2D eigenvalue weighted by molar-refractivity contribution is 5.66. The SMILES string of the molecule is O=C(O)CCCCCCC/C=C/CNC(=O)O. The number of carbonyl (C=O) groups is 2. The van der Waals surface area contributed by atoms with Crippen molar-refractivity contribution in [2.75, 3.05) is 6.54 Å². The summed E-state index contributed by atoms with van der Waals surface area (Å²) in [6.07, 6.45) is 8.92. The van der Waals surface area contributed by atoms with Crippen LogP contribution < -0.4 is 5.32 Å². The van der Waals surface area contributed by atoms with Gasteiger partial charge in [0, 0.05) is 13.0 Å². The molecule has 0 saturated carbocycles. The number of carboxylic acid groups (broad SMARTS) is 2. The molecule has 3 N–H and O–H groups in total. The second-order valence-electron chi connectivity index (χ2n) is 3.86. The van der Waals surface area contributed by atoms with Gasteiger partial charge in [-0.2, -0.15) is 0 Å². The minimum atomic E-state index is -1.01. The Morgan fingerprint density at radius 3 is 2.24 bits per heavy atom. The van der Waals surface area contributed by atoms with Crippen molar-refractivity contribution < 1.29 is 19.8 Å². The molecule has 0 heterocycles. The summed E-state index contributed by atoms with van der Waals surface area (Å²) in [5.74, 6) is -0.723. The normalized spacial score (nSPS) is 10.6. The third-order valence-corrected chi connectivity index (χ3v) is 2.30. The van der Waals surface area contributed by atoms with Crippen molar-refractivity contribution in [1.29, 1.82) is 0 Å². The molecule has 0 radical (unpaired) electrons. The van der Waals surface area contributed by atoms with Crippen LogP contribution in [0, 0.1) is 0 Å². The Hall–Kier alpha value is -1.52. The van der Waals surface area contributed by atoms with E-state index in [1.807, 2.05) is 6.08 Å². The molecule has 17 heavy (non-hydrogen) atoms. The first kappa shape index (κ1) is 15.5. The minimum Gasteiger partial charge on any atom is -0.481 e. The summed E-state index contributed by atoms with van der Waals surface area (Å²) in [6.45, 7) is 0.355. The molecule has 5 nitrogen and oxygen atoms in total. The van der Waals surface area contributed by atoms with Crippen molar-refractivity contribution in [2.24, 2.45) is 0 Å². The second kappa shape index (κ2) is 11.0. The Morgan fingerprint density at radius 1 is 0.941 bits per heavy atom. The summed E-state index contributed by atoms with van der Waals surface area (Å²) >= 11 is 0. The van der Waals surface area contributed by atoms with E-state index < -0.39 is 12.1 Å². The highest BCUT2D eigenvalue weighted by atomic mass is 16.4. The predicted molar refractivity (Wildman–Crippen MR) is 65.1 cm³/mol. The average Bonchev–Trinajstić information content (AvgIpc) is 2.25. The number of hydrogen-bond acceptors (Lipinski definition) is 2. The summed E-state index contributed by atoms with van der Waals surface area (Å²) in [7, 11) is 0. The number of amides is 1. The Morgan fingerprint density at radius 2 is 1.59 bits per heavy atom. The number of carboxylic acids is 1. The van der Waals surface area contributed by atoms with Crippen LogP contribution in [0.5, 0.6) is 0 Å². The van der Waals surface area contributed by atoms with Crippen LogP contribution in [0.3, 0.4) is 0 Å². The van der Waals surface area contributed by atoms with E-state index in [1.165, 1.54) is 0 Å². The van der Waals surface area contributed by atoms with Crippen LogP contribution in [0.15, 0.2) is 12.2 Å². The molecular weight excluding hydrogens is 222 g/mol. The van der Waals surface area contributed by atoms with Gasteiger partial charge in [-0.3, -0.25) is 4.79 Å². The molecule has 0 aromatic heterocycles. The molecule has 0 bridgehead atoms. The first-order valence-corrected chi connectivity index (χ1v) is 5.96. The number of aliphatic carboxylic acids is 1. The highest BCUT2D eigenvalue weighted by Gasteiger charge is 1.95. The van der Waals surface area contributed by atoms with E-state index in [2.05, 4.69) is 5.32 Å². The molecule has 0 atom stereocenters. The molecule has 0 aliphatic rings. The van der Waals surface area contributed by atoms with Gasteiger partial charge in [0.25, 0.3) is 0 Å². The van der Waals surface area contributed by atoms with E-state index in [4.69, 9.17) is 10.2 Å². The maximum absolute atomic E-state index is 10.2. The van der Waals surface area contributed by atoms with Crippen LogP contribution in [0.4, 0.5) is 4.79 Å². The smallest absolute Gasteiger partial charge is 0.404 e. The van der Waals surface area contributed by atoms with E-state index >= 15 is 0 Å². The van der Waals surface area contributed by atoms with Gasteiger partial charge in [0.1, 0.15) is 0 Å². The van der Waals surface area contributed by atoms with E-state index in [0.29, 0.717) is 6.54 Å². The Bertz CT molecular complexity index is 251. The molecular formula is C12H21NO4. The lowest BCUT2D eigenvalue weighted by Gasteiger charge is -1.98. The summed E-state index contributed by atoms with van der Waals surface area (Å²) in [5, 5.41) is 19.0. The van der Waals surface area contributed by atoms with Gasteiger partial charge < -0.3 is 15.5 Å². The van der Waals surface area contributed by atoms with Crippen LogP contribution in [0.2, 0.25) is 0 Å². The van der Waals surface area contributed by atoms with E-state index in [-0.39, 0.29) is 6.42 Å². The number of rotatable bonds is 10. The second-order valence-corrected chi connectivity index (χ2v) is 3.86. The zero-order valence-electron chi connectivity index (χ0n) is 10.0. The lowest BCUT2D eigenvalue weighted by molar-refractivity contribution is -0.137. The van der Waals surface area contributed by atoms with Crippen LogP contribution in [-0.2, 0) is 4.79 Å². The fourth-order valence-corrected chi connectivity index (χ4v) is 1.42. The third kappa shape index (κ3) is 14.5. The third-order valence-electron chi connectivity index (χ3n) is 2.30. The summed E-state index contributed by atoms with van der Waals surface area (Å²) in [4.78, 5) is 20.3. The molecule has 0 spiro atoms. The van der Waals surface area contributed by atoms with Crippen molar-refractivity contribution in [2.45, 2.75) is 44.9 Å². The van der Waals surface area contributed by atoms with E-state index in [1.54, 1.807) is 6.08 Å². The van der Waals surface area contributed by atoms with Gasteiger partial charge in [0.15, 0.2) is 0 Å². The van der Waals surface area contributed by atoms with Crippen LogP contribution in [0.1, 0.15) is 44.9 Å². The van der Waals surface area contributed by atoms with Crippen LogP contribution in [0.25, 0.3) is 0 Å². The van der Waals surface area contributed by atoms with Crippen molar-refractivity contribution in [1.82, 2.24) is 5.32 Å². The molecule has 0 rings (SSSR count). The summed E-state index contributed by atoms with van der Waals surface area (Å²) in [6, 6.07) is 0. The standard InChI is InChI=1S/C12H21NO4/c14-11(15)9-7-5-3-1-2-4-6-8-10-13-12(16)17/h6,8,13H,1-5,7,9-10H2,(H,14,15)(H,16,17)/b8-6+. The van der Waals surface area contributed by atoms with Gasteiger partial charge in [-0.25, -0.2) is 4.79 Å². The maximum Gasteiger partial charge on any atom is 0.404 e. The highest BCUT2D eigenvalue weighted by Crippen LogP contribution is 2.07. The largest absolute Gasteiger partial charge is 0.481 e. The molecule has 0 fully saturated rings. The van der Waals surface area contributed by atoms with Crippen molar-refractivity contribution in [3.05, 3.63) is 12.2 Å². The molecule has 0 unspecified atom stereocenters. The number of hydrogen-bond donors (Lipinski definition) is 3. The van der Waals surface area contributed by atoms with Crippen molar-refractivity contribution in [3.8, 4) is 0 Å². The summed E-state index contributed by atoms with van der Waals surface area (Å²) in [5.41, 5.74) is 0. The average molecular weight is 243 g/mol. The first-order chi connectivity index (χ1) is 8.13. The molecule has 5 heteroatoms. The van der Waals surface area contributed by atoms with Gasteiger partial charge >= 0.3 is 12.1 Å². The number of allylic oxidation sites excluding steroid dienone is 1. The molecule has 0 aromatic carbocycles. The van der Waals surface area contributed by atoms with Crippen molar-refractivity contribution in [3.63, 3.8) is 0 Å². The quantitative estimate of drug-likeness (QED) is 0.406. The van der Waals surface area contributed by atoms with Gasteiger partial charge in [0.2, 0.25) is 0 Å². The van der Waals surface area contributed by atoms with Gasteiger partial charge in [-0.1, -0.05) is 31.4 Å². The molecule has 0 aliphatic heterocycles. The molecule has 0 aromatic rings. The maximum atomic E-state index is 10.2.